The Kier molecular flexibility index (Phi) is 11.5. The summed E-state index contributed by atoms with van der Waals surface area (Å²) in [4.78, 5) is 8.69. The van der Waals surface area contributed by atoms with Gasteiger partial charge in [-0.3, -0.25) is 0 Å². The van der Waals surface area contributed by atoms with Gasteiger partial charge in [0.15, 0.2) is 5.96 Å². The second-order valence-corrected chi connectivity index (χ2v) is 6.14. The molecule has 6 nitrogen and oxygen atoms in total. The number of alkyl halides is 3. The Balaban J connectivity index is 0.00000450. The first-order chi connectivity index (χ1) is 13.9. The van der Waals surface area contributed by atoms with Gasteiger partial charge in [0, 0.05) is 24.8 Å². The van der Waals surface area contributed by atoms with Crippen molar-refractivity contribution in [1.29, 1.82) is 0 Å². The van der Waals surface area contributed by atoms with Crippen LogP contribution in [0.2, 0.25) is 0 Å². The van der Waals surface area contributed by atoms with Crippen molar-refractivity contribution in [1.82, 2.24) is 15.6 Å². The van der Waals surface area contributed by atoms with E-state index < -0.39 is 12.8 Å². The lowest BCUT2D eigenvalue weighted by Crippen LogP contribution is -2.36. The molecule has 0 aliphatic carbocycles. The number of halogens is 4. The van der Waals surface area contributed by atoms with Crippen molar-refractivity contribution in [3.05, 3.63) is 59.3 Å². The molecule has 1 aromatic heterocycles. The minimum Gasteiger partial charge on any atom is -0.481 e. The first-order valence-corrected chi connectivity index (χ1v) is 9.13. The zero-order valence-corrected chi connectivity index (χ0v) is 19.2. The van der Waals surface area contributed by atoms with Crippen LogP contribution in [0.15, 0.2) is 47.6 Å². The maximum Gasteiger partial charge on any atom is 0.411 e. The Morgan fingerprint density at radius 2 is 1.80 bits per heavy atom. The Labute approximate surface area is 191 Å². The van der Waals surface area contributed by atoms with Crippen LogP contribution in [0.4, 0.5) is 13.2 Å². The summed E-state index contributed by atoms with van der Waals surface area (Å²) in [5.41, 5.74) is 2.51. The third-order valence-corrected chi connectivity index (χ3v) is 3.81. The van der Waals surface area contributed by atoms with Gasteiger partial charge in [0.25, 0.3) is 0 Å². The molecule has 10 heteroatoms. The van der Waals surface area contributed by atoms with Gasteiger partial charge in [-0.2, -0.15) is 13.2 Å². The van der Waals surface area contributed by atoms with Crippen LogP contribution in [0.5, 0.6) is 5.88 Å². The average Bonchev–Trinajstić information content (AvgIpc) is 2.70. The van der Waals surface area contributed by atoms with Crippen LogP contribution in [0, 0.1) is 0 Å². The lowest BCUT2D eigenvalue weighted by Gasteiger charge is -2.13. The molecule has 1 heterocycles. The summed E-state index contributed by atoms with van der Waals surface area (Å²) in [5, 5.41) is 6.39. The second-order valence-electron chi connectivity index (χ2n) is 6.14. The van der Waals surface area contributed by atoms with Gasteiger partial charge in [0.05, 0.1) is 20.3 Å². The van der Waals surface area contributed by atoms with Gasteiger partial charge in [-0.25, -0.2) is 9.98 Å². The third-order valence-electron chi connectivity index (χ3n) is 3.81. The summed E-state index contributed by atoms with van der Waals surface area (Å²) < 4.78 is 46.2. The average molecular weight is 538 g/mol. The summed E-state index contributed by atoms with van der Waals surface area (Å²) in [6.45, 7) is 2.25. The third kappa shape index (κ3) is 9.61. The Morgan fingerprint density at radius 3 is 2.43 bits per heavy atom. The predicted molar refractivity (Wildman–Crippen MR) is 120 cm³/mol. The fourth-order valence-electron chi connectivity index (χ4n) is 2.46. The fraction of sp³-hybridized carbons (Fsp3) is 0.400. The van der Waals surface area contributed by atoms with Crippen LogP contribution in [0.25, 0.3) is 0 Å². The van der Waals surface area contributed by atoms with E-state index in [0.717, 1.165) is 11.1 Å². The molecular formula is C20H26F3IN4O2. The molecule has 0 saturated carbocycles. The van der Waals surface area contributed by atoms with E-state index in [1.54, 1.807) is 25.4 Å². The summed E-state index contributed by atoms with van der Waals surface area (Å²) in [6.07, 6.45) is -2.65. The van der Waals surface area contributed by atoms with Crippen LogP contribution in [0.3, 0.4) is 0 Å². The van der Waals surface area contributed by atoms with E-state index >= 15 is 0 Å². The molecule has 2 N–H and O–H groups in total. The minimum absolute atomic E-state index is 0. The zero-order valence-electron chi connectivity index (χ0n) is 16.8. The summed E-state index contributed by atoms with van der Waals surface area (Å²) in [5.74, 6) is 1.19. The lowest BCUT2D eigenvalue weighted by atomic mass is 10.1. The number of ether oxygens (including phenoxy) is 2. The number of nitrogens with zero attached hydrogens (tertiary/aromatic N) is 2. The molecule has 1 aromatic carbocycles. The summed E-state index contributed by atoms with van der Waals surface area (Å²) in [6, 6.07) is 10.9. The number of nitrogens with one attached hydrogen (secondary N) is 2. The van der Waals surface area contributed by atoms with Gasteiger partial charge >= 0.3 is 6.18 Å². The molecule has 2 rings (SSSR count). The standard InChI is InChI=1S/C20H25F3N4O2.HI/c1-3-24-19(27-12-17-5-4-10-25-18(17)28-2)26-11-15-6-8-16(9-7-15)13-29-14-20(21,22)23;/h4-10H,3,11-14H2,1-2H3,(H2,24,26,27);1H. The van der Waals surface area contributed by atoms with E-state index in [9.17, 15) is 13.2 Å². The fourth-order valence-corrected chi connectivity index (χ4v) is 2.46. The van der Waals surface area contributed by atoms with Crippen LogP contribution < -0.4 is 15.4 Å². The van der Waals surface area contributed by atoms with Crippen molar-refractivity contribution in [2.75, 3.05) is 20.3 Å². The number of benzene rings is 1. The van der Waals surface area contributed by atoms with E-state index in [2.05, 4.69) is 25.3 Å². The molecule has 0 amide bonds. The van der Waals surface area contributed by atoms with Crippen molar-refractivity contribution in [2.24, 2.45) is 4.99 Å². The van der Waals surface area contributed by atoms with Crippen molar-refractivity contribution < 1.29 is 22.6 Å². The molecule has 0 aliphatic rings. The highest BCUT2D eigenvalue weighted by Crippen LogP contribution is 2.16. The SMILES string of the molecule is CCNC(=NCc1ccc(COCC(F)(F)F)cc1)NCc1cccnc1OC.I. The number of aromatic nitrogens is 1. The van der Waals surface area contributed by atoms with Crippen LogP contribution in [-0.2, 0) is 24.4 Å². The van der Waals surface area contributed by atoms with E-state index in [1.807, 2.05) is 31.2 Å². The van der Waals surface area contributed by atoms with E-state index in [1.165, 1.54) is 0 Å². The van der Waals surface area contributed by atoms with Gasteiger partial charge in [0.1, 0.15) is 6.61 Å². The molecule has 0 saturated heterocycles. The zero-order chi connectivity index (χ0) is 21.1. The van der Waals surface area contributed by atoms with E-state index in [0.29, 0.717) is 37.0 Å². The van der Waals surface area contributed by atoms with Crippen molar-refractivity contribution >= 4 is 29.9 Å². The van der Waals surface area contributed by atoms with Gasteiger partial charge in [-0.05, 0) is 24.1 Å². The molecule has 166 valence electrons. The molecule has 0 fully saturated rings. The Morgan fingerprint density at radius 1 is 1.10 bits per heavy atom. The molecular weight excluding hydrogens is 512 g/mol. The van der Waals surface area contributed by atoms with E-state index in [4.69, 9.17) is 4.74 Å². The Hall–Kier alpha value is -2.08. The number of hydrogen-bond donors (Lipinski definition) is 2. The smallest absolute Gasteiger partial charge is 0.411 e. The number of guanidine groups is 1. The quantitative estimate of drug-likeness (QED) is 0.287. The number of methoxy groups -OCH3 is 1. The molecule has 2 aromatic rings. The van der Waals surface area contributed by atoms with Crippen LogP contribution >= 0.6 is 24.0 Å². The maximum absolute atomic E-state index is 12.1. The van der Waals surface area contributed by atoms with Crippen LogP contribution in [0.1, 0.15) is 23.6 Å². The molecule has 0 bridgehead atoms. The monoisotopic (exact) mass is 538 g/mol. The minimum atomic E-state index is -4.32. The highest BCUT2D eigenvalue weighted by Gasteiger charge is 2.27. The van der Waals surface area contributed by atoms with Gasteiger partial charge in [-0.15, -0.1) is 24.0 Å². The largest absolute Gasteiger partial charge is 0.481 e. The first kappa shape index (κ1) is 26.0. The number of rotatable bonds is 9. The van der Waals surface area contributed by atoms with Gasteiger partial charge < -0.3 is 20.1 Å². The molecule has 0 unspecified atom stereocenters. The van der Waals surface area contributed by atoms with Crippen molar-refractivity contribution in [3.63, 3.8) is 0 Å². The normalized spacial score (nSPS) is 11.6. The number of hydrogen-bond acceptors (Lipinski definition) is 4. The molecule has 0 aliphatic heterocycles. The summed E-state index contributed by atoms with van der Waals surface area (Å²) >= 11 is 0. The topological polar surface area (TPSA) is 67.8 Å². The maximum atomic E-state index is 12.1. The highest BCUT2D eigenvalue weighted by molar-refractivity contribution is 14.0. The summed E-state index contributed by atoms with van der Waals surface area (Å²) in [7, 11) is 1.57. The first-order valence-electron chi connectivity index (χ1n) is 9.13. The molecule has 0 atom stereocenters. The number of pyridine rings is 1. The molecule has 0 spiro atoms. The van der Waals surface area contributed by atoms with Gasteiger partial charge in [-0.1, -0.05) is 30.3 Å². The highest BCUT2D eigenvalue weighted by atomic mass is 127. The molecule has 0 radical (unpaired) electrons. The predicted octanol–water partition coefficient (Wildman–Crippen LogP) is 4.04. The van der Waals surface area contributed by atoms with Crippen LogP contribution in [-0.4, -0.2) is 37.4 Å². The van der Waals surface area contributed by atoms with Crippen molar-refractivity contribution in [2.45, 2.75) is 32.8 Å². The number of aliphatic imine (C=N–C) groups is 1. The molecule has 30 heavy (non-hydrogen) atoms. The van der Waals surface area contributed by atoms with E-state index in [-0.39, 0.29) is 30.6 Å². The lowest BCUT2D eigenvalue weighted by molar-refractivity contribution is -0.176. The van der Waals surface area contributed by atoms with Gasteiger partial charge in [0.2, 0.25) is 5.88 Å². The second kappa shape index (κ2) is 13.3. The van der Waals surface area contributed by atoms with Crippen molar-refractivity contribution in [3.8, 4) is 5.88 Å². The Bertz CT molecular complexity index is 786.